The fourth-order valence-electron chi connectivity index (χ4n) is 3.43. The van der Waals surface area contributed by atoms with E-state index in [1.165, 1.54) is 28.5 Å². The number of fused-ring (bicyclic) bond motifs is 1. The SMILES string of the molecule is c1ccc(Cn2cc(C3CCNC3)c3ccccc32)cc1. The third-order valence-electron chi connectivity index (χ3n) is 4.52. The van der Waals surface area contributed by atoms with Gasteiger partial charge in [-0.1, -0.05) is 48.5 Å². The minimum absolute atomic E-state index is 0.659. The van der Waals surface area contributed by atoms with Crippen LogP contribution in [0.3, 0.4) is 0 Å². The summed E-state index contributed by atoms with van der Waals surface area (Å²) in [6.45, 7) is 3.20. The van der Waals surface area contributed by atoms with Crippen molar-refractivity contribution in [2.45, 2.75) is 18.9 Å². The Bertz CT molecular complexity index is 737. The summed E-state index contributed by atoms with van der Waals surface area (Å²) >= 11 is 0. The zero-order valence-electron chi connectivity index (χ0n) is 12.1. The summed E-state index contributed by atoms with van der Waals surface area (Å²) in [5, 5.41) is 4.90. The zero-order chi connectivity index (χ0) is 14.1. The predicted molar refractivity (Wildman–Crippen MR) is 87.7 cm³/mol. The van der Waals surface area contributed by atoms with Crippen LogP contribution in [0.25, 0.3) is 10.9 Å². The molecule has 0 spiro atoms. The molecule has 1 atom stereocenters. The summed E-state index contributed by atoms with van der Waals surface area (Å²) in [5.41, 5.74) is 4.21. The van der Waals surface area contributed by atoms with E-state index < -0.39 is 0 Å². The Kier molecular flexibility index (Phi) is 3.24. The van der Waals surface area contributed by atoms with E-state index in [1.54, 1.807) is 0 Å². The smallest absolute Gasteiger partial charge is 0.0486 e. The molecule has 2 heterocycles. The number of nitrogens with one attached hydrogen (secondary N) is 1. The largest absolute Gasteiger partial charge is 0.343 e. The van der Waals surface area contributed by atoms with Crippen molar-refractivity contribution < 1.29 is 0 Å². The van der Waals surface area contributed by atoms with E-state index in [0.29, 0.717) is 5.92 Å². The second-order valence-corrected chi connectivity index (χ2v) is 5.90. The quantitative estimate of drug-likeness (QED) is 0.770. The topological polar surface area (TPSA) is 17.0 Å². The van der Waals surface area contributed by atoms with Crippen LogP contribution in [0.15, 0.2) is 60.8 Å². The Balaban J connectivity index is 1.78. The van der Waals surface area contributed by atoms with Crippen LogP contribution in [0.5, 0.6) is 0 Å². The van der Waals surface area contributed by atoms with Gasteiger partial charge in [0.2, 0.25) is 0 Å². The van der Waals surface area contributed by atoms with Gasteiger partial charge in [0.15, 0.2) is 0 Å². The van der Waals surface area contributed by atoms with Gasteiger partial charge in [0.05, 0.1) is 0 Å². The van der Waals surface area contributed by atoms with Crippen LogP contribution in [0, 0.1) is 0 Å². The molecule has 0 saturated carbocycles. The maximum absolute atomic E-state index is 3.49. The molecule has 2 nitrogen and oxygen atoms in total. The zero-order valence-corrected chi connectivity index (χ0v) is 12.1. The summed E-state index contributed by atoms with van der Waals surface area (Å²) in [4.78, 5) is 0. The molecule has 106 valence electrons. The van der Waals surface area contributed by atoms with E-state index in [2.05, 4.69) is 70.7 Å². The van der Waals surface area contributed by atoms with Crippen LogP contribution in [0.4, 0.5) is 0 Å². The molecule has 0 amide bonds. The third-order valence-corrected chi connectivity index (χ3v) is 4.52. The van der Waals surface area contributed by atoms with E-state index in [-0.39, 0.29) is 0 Å². The molecule has 1 aromatic heterocycles. The van der Waals surface area contributed by atoms with Crippen molar-refractivity contribution in [2.24, 2.45) is 0 Å². The predicted octanol–water partition coefficient (Wildman–Crippen LogP) is 3.77. The lowest BCUT2D eigenvalue weighted by Gasteiger charge is -2.06. The molecule has 3 aromatic rings. The molecular formula is C19H20N2. The number of hydrogen-bond donors (Lipinski definition) is 1. The van der Waals surface area contributed by atoms with Crippen molar-refractivity contribution in [2.75, 3.05) is 13.1 Å². The van der Waals surface area contributed by atoms with Crippen molar-refractivity contribution in [1.82, 2.24) is 9.88 Å². The molecule has 0 aliphatic carbocycles. The molecule has 1 N–H and O–H groups in total. The average Bonchev–Trinajstić information content (AvgIpc) is 3.17. The first kappa shape index (κ1) is 12.7. The number of para-hydroxylation sites is 1. The minimum Gasteiger partial charge on any atom is -0.343 e. The molecule has 2 aromatic carbocycles. The molecule has 0 bridgehead atoms. The molecule has 4 rings (SSSR count). The molecule has 2 heteroatoms. The van der Waals surface area contributed by atoms with Gasteiger partial charge in [-0.25, -0.2) is 0 Å². The molecule has 1 fully saturated rings. The number of hydrogen-bond acceptors (Lipinski definition) is 1. The second kappa shape index (κ2) is 5.38. The van der Waals surface area contributed by atoms with Crippen LogP contribution in [-0.2, 0) is 6.54 Å². The second-order valence-electron chi connectivity index (χ2n) is 5.90. The number of aromatic nitrogens is 1. The molecule has 1 unspecified atom stereocenters. The molecular weight excluding hydrogens is 256 g/mol. The standard InChI is InChI=1S/C19H20N2/c1-2-6-15(7-3-1)13-21-14-18(16-10-11-20-12-16)17-8-4-5-9-19(17)21/h1-9,14,16,20H,10-13H2. The minimum atomic E-state index is 0.659. The lowest BCUT2D eigenvalue weighted by molar-refractivity contribution is 0.754. The van der Waals surface area contributed by atoms with Crippen LogP contribution in [-0.4, -0.2) is 17.7 Å². The van der Waals surface area contributed by atoms with Crippen molar-refractivity contribution >= 4 is 10.9 Å². The van der Waals surface area contributed by atoms with E-state index in [4.69, 9.17) is 0 Å². The molecule has 1 saturated heterocycles. The van der Waals surface area contributed by atoms with Crippen LogP contribution < -0.4 is 5.32 Å². The maximum Gasteiger partial charge on any atom is 0.0486 e. The Morgan fingerprint density at radius 1 is 1.00 bits per heavy atom. The van der Waals surface area contributed by atoms with Gasteiger partial charge in [-0.2, -0.15) is 0 Å². The van der Waals surface area contributed by atoms with E-state index in [1.807, 2.05) is 0 Å². The lowest BCUT2D eigenvalue weighted by atomic mass is 9.98. The van der Waals surface area contributed by atoms with Gasteiger partial charge in [-0.3, -0.25) is 0 Å². The van der Waals surface area contributed by atoms with Crippen molar-refractivity contribution in [3.05, 3.63) is 71.9 Å². The highest BCUT2D eigenvalue weighted by molar-refractivity contribution is 5.84. The van der Waals surface area contributed by atoms with Crippen LogP contribution in [0.1, 0.15) is 23.5 Å². The maximum atomic E-state index is 3.49. The van der Waals surface area contributed by atoms with Gasteiger partial charge >= 0.3 is 0 Å². The highest BCUT2D eigenvalue weighted by Gasteiger charge is 2.21. The van der Waals surface area contributed by atoms with Crippen LogP contribution >= 0.6 is 0 Å². The number of nitrogens with zero attached hydrogens (tertiary/aromatic N) is 1. The van der Waals surface area contributed by atoms with Gasteiger partial charge < -0.3 is 9.88 Å². The number of rotatable bonds is 3. The first-order valence-corrected chi connectivity index (χ1v) is 7.74. The Morgan fingerprint density at radius 2 is 1.81 bits per heavy atom. The third kappa shape index (κ3) is 2.36. The monoisotopic (exact) mass is 276 g/mol. The van der Waals surface area contributed by atoms with Gasteiger partial charge in [0.1, 0.15) is 0 Å². The average molecular weight is 276 g/mol. The molecule has 21 heavy (non-hydrogen) atoms. The molecule has 1 aliphatic rings. The fraction of sp³-hybridized carbons (Fsp3) is 0.263. The van der Waals surface area contributed by atoms with E-state index in [0.717, 1.165) is 19.6 Å². The molecule has 0 radical (unpaired) electrons. The van der Waals surface area contributed by atoms with Crippen LogP contribution in [0.2, 0.25) is 0 Å². The Labute approximate surface area is 125 Å². The Morgan fingerprint density at radius 3 is 2.62 bits per heavy atom. The first-order valence-electron chi connectivity index (χ1n) is 7.74. The van der Waals surface area contributed by atoms with Gasteiger partial charge in [-0.15, -0.1) is 0 Å². The fourth-order valence-corrected chi connectivity index (χ4v) is 3.43. The summed E-state index contributed by atoms with van der Waals surface area (Å²) in [5.74, 6) is 0.659. The van der Waals surface area contributed by atoms with Gasteiger partial charge in [0, 0.05) is 30.2 Å². The highest BCUT2D eigenvalue weighted by Crippen LogP contribution is 2.31. The Hall–Kier alpha value is -2.06. The van der Waals surface area contributed by atoms with Gasteiger partial charge in [0.25, 0.3) is 0 Å². The number of benzene rings is 2. The summed E-state index contributed by atoms with van der Waals surface area (Å²) in [7, 11) is 0. The van der Waals surface area contributed by atoms with E-state index >= 15 is 0 Å². The summed E-state index contributed by atoms with van der Waals surface area (Å²) < 4.78 is 2.40. The first-order chi connectivity index (χ1) is 10.4. The molecule has 1 aliphatic heterocycles. The highest BCUT2D eigenvalue weighted by atomic mass is 15.0. The van der Waals surface area contributed by atoms with Gasteiger partial charge in [-0.05, 0) is 36.1 Å². The summed E-state index contributed by atoms with van der Waals surface area (Å²) in [6, 6.07) is 19.5. The van der Waals surface area contributed by atoms with Crippen molar-refractivity contribution in [3.63, 3.8) is 0 Å². The van der Waals surface area contributed by atoms with E-state index in [9.17, 15) is 0 Å². The van der Waals surface area contributed by atoms with Crippen molar-refractivity contribution in [1.29, 1.82) is 0 Å². The lowest BCUT2D eigenvalue weighted by Crippen LogP contribution is -2.07. The summed E-state index contributed by atoms with van der Waals surface area (Å²) in [6.07, 6.45) is 3.62. The van der Waals surface area contributed by atoms with Crippen molar-refractivity contribution in [3.8, 4) is 0 Å². The normalized spacial score (nSPS) is 18.4.